The molecule has 1 aromatic carbocycles. The molecule has 148 valence electrons. The van der Waals surface area contributed by atoms with E-state index < -0.39 is 0 Å². The number of hydrogen-bond acceptors (Lipinski definition) is 5. The molecule has 0 bridgehead atoms. The minimum absolute atomic E-state index is 0.0501. The van der Waals surface area contributed by atoms with Gasteiger partial charge in [0.25, 0.3) is 5.91 Å². The number of piperidine rings is 1. The average molecular weight is 420 g/mol. The normalized spacial score (nSPS) is 17.6. The maximum absolute atomic E-state index is 13.2. The summed E-state index contributed by atoms with van der Waals surface area (Å²) in [4.78, 5) is 24.3. The first-order valence-corrected chi connectivity index (χ1v) is 10.3. The molecule has 0 radical (unpaired) electrons. The molecule has 6 nitrogen and oxygen atoms in total. The molecule has 1 saturated heterocycles. The van der Waals surface area contributed by atoms with Gasteiger partial charge in [-0.2, -0.15) is 0 Å². The van der Waals surface area contributed by atoms with Gasteiger partial charge in [0.1, 0.15) is 17.3 Å². The van der Waals surface area contributed by atoms with Crippen LogP contribution in [0.5, 0.6) is 0 Å². The monoisotopic (exact) mass is 419 g/mol. The van der Waals surface area contributed by atoms with Gasteiger partial charge in [-0.3, -0.25) is 4.79 Å². The molecule has 2 fully saturated rings. The summed E-state index contributed by atoms with van der Waals surface area (Å²) in [6.07, 6.45) is 3.75. The largest absolute Gasteiger partial charge is 0.340 e. The first-order chi connectivity index (χ1) is 13.4. The molecule has 3 N–H and O–H groups in total. The quantitative estimate of drug-likeness (QED) is 0.772. The van der Waals surface area contributed by atoms with Crippen LogP contribution in [0.3, 0.4) is 0 Å². The lowest BCUT2D eigenvalue weighted by molar-refractivity contribution is 0.0707. The maximum Gasteiger partial charge on any atom is 0.272 e. The fraction of sp³-hybridized carbons (Fsp3) is 0.450. The van der Waals surface area contributed by atoms with Crippen LogP contribution >= 0.6 is 23.2 Å². The topological polar surface area (TPSA) is 84.1 Å². The summed E-state index contributed by atoms with van der Waals surface area (Å²) in [5, 5.41) is 4.23. The maximum atomic E-state index is 13.2. The Morgan fingerprint density at radius 3 is 2.50 bits per heavy atom. The van der Waals surface area contributed by atoms with Crippen molar-refractivity contribution in [2.24, 2.45) is 5.73 Å². The lowest BCUT2D eigenvalue weighted by Gasteiger charge is -2.30. The molecule has 2 aliphatic rings. The lowest BCUT2D eigenvalue weighted by atomic mass is 10.1. The van der Waals surface area contributed by atoms with E-state index in [1.54, 1.807) is 12.1 Å². The van der Waals surface area contributed by atoms with Gasteiger partial charge in [-0.15, -0.1) is 0 Å². The highest BCUT2D eigenvalue weighted by atomic mass is 35.5. The van der Waals surface area contributed by atoms with Gasteiger partial charge in [-0.05, 0) is 50.8 Å². The number of benzene rings is 1. The van der Waals surface area contributed by atoms with Crippen molar-refractivity contribution in [1.29, 1.82) is 0 Å². The highest BCUT2D eigenvalue weighted by Gasteiger charge is 2.31. The minimum atomic E-state index is -0.0501. The molecule has 1 aromatic heterocycles. The molecular weight excluding hydrogens is 397 g/mol. The second kappa shape index (κ2) is 7.85. The number of nitrogens with two attached hydrogens (primary N) is 1. The molecular formula is C20H23Cl2N5O. The third-order valence-electron chi connectivity index (χ3n) is 5.32. The van der Waals surface area contributed by atoms with Gasteiger partial charge >= 0.3 is 0 Å². The van der Waals surface area contributed by atoms with Crippen molar-refractivity contribution in [2.75, 3.05) is 18.4 Å². The van der Waals surface area contributed by atoms with E-state index in [1.165, 1.54) is 0 Å². The van der Waals surface area contributed by atoms with Gasteiger partial charge in [-0.25, -0.2) is 9.97 Å². The van der Waals surface area contributed by atoms with Crippen molar-refractivity contribution in [3.63, 3.8) is 0 Å². The van der Waals surface area contributed by atoms with E-state index in [0.29, 0.717) is 40.6 Å². The van der Waals surface area contributed by atoms with Crippen LogP contribution in [0, 0.1) is 6.92 Å². The van der Waals surface area contributed by atoms with Crippen LogP contribution in [0.25, 0.3) is 0 Å². The fourth-order valence-corrected chi connectivity index (χ4v) is 3.65. The van der Waals surface area contributed by atoms with Crippen LogP contribution in [-0.4, -0.2) is 39.9 Å². The SMILES string of the molecule is Cc1c(Nc2ccc(Cl)c(Cl)c2)nc(C2CC2)nc1C(=O)N1CCC(N)CC1. The summed E-state index contributed by atoms with van der Waals surface area (Å²) in [7, 11) is 0. The summed E-state index contributed by atoms with van der Waals surface area (Å²) in [5.74, 6) is 1.64. The number of likely N-dealkylation sites (tertiary alicyclic amines) is 1. The Balaban J connectivity index is 1.66. The Morgan fingerprint density at radius 1 is 1.14 bits per heavy atom. The second-order valence-corrected chi connectivity index (χ2v) is 8.38. The Labute approximate surface area is 174 Å². The third kappa shape index (κ3) is 4.09. The van der Waals surface area contributed by atoms with Gasteiger partial charge in [0.2, 0.25) is 0 Å². The molecule has 4 rings (SSSR count). The molecule has 1 aliphatic heterocycles. The zero-order valence-electron chi connectivity index (χ0n) is 15.7. The number of amides is 1. The fourth-order valence-electron chi connectivity index (χ4n) is 3.35. The molecule has 0 spiro atoms. The molecule has 2 heterocycles. The molecule has 28 heavy (non-hydrogen) atoms. The van der Waals surface area contributed by atoms with E-state index in [4.69, 9.17) is 33.9 Å². The van der Waals surface area contributed by atoms with Crippen molar-refractivity contribution in [3.05, 3.63) is 45.3 Å². The molecule has 0 atom stereocenters. The van der Waals surface area contributed by atoms with Crippen LogP contribution < -0.4 is 11.1 Å². The Bertz CT molecular complexity index is 908. The zero-order valence-corrected chi connectivity index (χ0v) is 17.2. The van der Waals surface area contributed by atoms with Gasteiger partial charge in [0, 0.05) is 36.3 Å². The van der Waals surface area contributed by atoms with E-state index in [2.05, 4.69) is 10.3 Å². The first-order valence-electron chi connectivity index (χ1n) is 9.58. The first kappa shape index (κ1) is 19.4. The second-order valence-electron chi connectivity index (χ2n) is 7.56. The van der Waals surface area contributed by atoms with Crippen LogP contribution in [0.2, 0.25) is 10.0 Å². The number of anilines is 2. The van der Waals surface area contributed by atoms with Crippen LogP contribution in [0.4, 0.5) is 11.5 Å². The molecule has 2 aromatic rings. The highest BCUT2D eigenvalue weighted by Crippen LogP contribution is 2.39. The standard InChI is InChI=1S/C20H23Cl2N5O/c1-11-17(20(28)27-8-6-13(23)7-9-27)25-19(12-2-3-12)26-18(11)24-14-4-5-15(21)16(22)10-14/h4-5,10,12-13H,2-3,6-9,23H2,1H3,(H,24,25,26). The highest BCUT2D eigenvalue weighted by molar-refractivity contribution is 6.42. The smallest absolute Gasteiger partial charge is 0.272 e. The molecule has 8 heteroatoms. The predicted molar refractivity (Wildman–Crippen MR) is 112 cm³/mol. The van der Waals surface area contributed by atoms with Crippen molar-refractivity contribution in [2.45, 2.75) is 44.6 Å². The summed E-state index contributed by atoms with van der Waals surface area (Å²) in [6.45, 7) is 3.20. The van der Waals surface area contributed by atoms with E-state index in [-0.39, 0.29) is 11.9 Å². The molecule has 1 aliphatic carbocycles. The van der Waals surface area contributed by atoms with Crippen LogP contribution in [0.15, 0.2) is 18.2 Å². The van der Waals surface area contributed by atoms with E-state index in [1.807, 2.05) is 17.9 Å². The van der Waals surface area contributed by atoms with E-state index in [9.17, 15) is 4.79 Å². The lowest BCUT2D eigenvalue weighted by Crippen LogP contribution is -2.43. The van der Waals surface area contributed by atoms with Crippen molar-refractivity contribution >= 4 is 40.6 Å². The Kier molecular flexibility index (Phi) is 5.45. The van der Waals surface area contributed by atoms with Crippen molar-refractivity contribution < 1.29 is 4.79 Å². The van der Waals surface area contributed by atoms with Gasteiger partial charge in [0.05, 0.1) is 10.0 Å². The van der Waals surface area contributed by atoms with Crippen molar-refractivity contribution in [3.8, 4) is 0 Å². The number of carbonyl (C=O) groups excluding carboxylic acids is 1. The summed E-state index contributed by atoms with van der Waals surface area (Å²) < 4.78 is 0. The van der Waals surface area contributed by atoms with E-state index >= 15 is 0 Å². The minimum Gasteiger partial charge on any atom is -0.340 e. The van der Waals surface area contributed by atoms with Crippen LogP contribution in [0.1, 0.15) is 53.5 Å². The average Bonchev–Trinajstić information content (AvgIpc) is 3.52. The predicted octanol–water partition coefficient (Wildman–Crippen LogP) is 4.28. The number of aromatic nitrogens is 2. The number of halogens is 2. The number of rotatable bonds is 4. The number of nitrogens with zero attached hydrogens (tertiary/aromatic N) is 3. The summed E-state index contributed by atoms with van der Waals surface area (Å²) >= 11 is 12.1. The number of carbonyl (C=O) groups is 1. The Morgan fingerprint density at radius 2 is 1.86 bits per heavy atom. The van der Waals surface area contributed by atoms with Gasteiger partial charge < -0.3 is 16.0 Å². The van der Waals surface area contributed by atoms with Gasteiger partial charge in [-0.1, -0.05) is 23.2 Å². The van der Waals surface area contributed by atoms with Crippen LogP contribution in [-0.2, 0) is 0 Å². The Hall–Kier alpha value is -1.89. The molecule has 1 saturated carbocycles. The molecule has 1 amide bonds. The zero-order chi connectivity index (χ0) is 19.8. The van der Waals surface area contributed by atoms with Crippen molar-refractivity contribution in [1.82, 2.24) is 14.9 Å². The molecule has 0 unspecified atom stereocenters. The summed E-state index contributed by atoms with van der Waals surface area (Å²) in [6, 6.07) is 5.48. The number of nitrogens with one attached hydrogen (secondary N) is 1. The summed E-state index contributed by atoms with van der Waals surface area (Å²) in [5.41, 5.74) is 7.94. The van der Waals surface area contributed by atoms with Gasteiger partial charge in [0.15, 0.2) is 0 Å². The third-order valence-corrected chi connectivity index (χ3v) is 6.06. The number of hydrogen-bond donors (Lipinski definition) is 2. The van der Waals surface area contributed by atoms with E-state index in [0.717, 1.165) is 42.8 Å².